The third-order valence-corrected chi connectivity index (χ3v) is 4.63. The van der Waals surface area contributed by atoms with Crippen molar-refractivity contribution >= 4 is 33.3 Å². The summed E-state index contributed by atoms with van der Waals surface area (Å²) in [5.41, 5.74) is 0.490. The summed E-state index contributed by atoms with van der Waals surface area (Å²) in [6, 6.07) is 9.31. The number of phenols is 1. The zero-order valence-electron chi connectivity index (χ0n) is 14.1. The number of rotatable bonds is 6. The fourth-order valence-electron chi connectivity index (χ4n) is 2.11. The van der Waals surface area contributed by atoms with Crippen LogP contribution >= 0.6 is 0 Å². The van der Waals surface area contributed by atoms with E-state index in [4.69, 9.17) is 4.74 Å². The Bertz CT molecular complexity index is 923. The van der Waals surface area contributed by atoms with Crippen LogP contribution < -0.4 is 10.0 Å². The normalized spacial score (nSPS) is 10.8. The topological polar surface area (TPSA) is 122 Å². The van der Waals surface area contributed by atoms with Gasteiger partial charge in [-0.1, -0.05) is 0 Å². The Balaban J connectivity index is 2.20. The number of sulfonamides is 1. The van der Waals surface area contributed by atoms with Crippen LogP contribution in [0.25, 0.3) is 0 Å². The summed E-state index contributed by atoms with van der Waals surface area (Å²) in [6.45, 7) is 3.13. The van der Waals surface area contributed by atoms with Crippen molar-refractivity contribution < 1.29 is 27.9 Å². The second-order valence-corrected chi connectivity index (χ2v) is 6.95. The van der Waals surface area contributed by atoms with Crippen molar-refractivity contribution in [1.82, 2.24) is 0 Å². The molecule has 0 radical (unpaired) electrons. The van der Waals surface area contributed by atoms with Crippen LogP contribution in [0.3, 0.4) is 0 Å². The van der Waals surface area contributed by atoms with Crippen LogP contribution in [0.4, 0.5) is 11.4 Å². The lowest BCUT2D eigenvalue weighted by molar-refractivity contribution is -0.114. The van der Waals surface area contributed by atoms with Gasteiger partial charge in [0, 0.05) is 18.7 Å². The number of benzene rings is 2. The van der Waals surface area contributed by atoms with Crippen LogP contribution in [0.1, 0.15) is 24.2 Å². The second kappa shape index (κ2) is 7.87. The number of hydrogen-bond donors (Lipinski definition) is 3. The predicted octanol–water partition coefficient (Wildman–Crippen LogP) is 2.33. The van der Waals surface area contributed by atoms with Crippen molar-refractivity contribution in [2.24, 2.45) is 0 Å². The van der Waals surface area contributed by atoms with Crippen molar-refractivity contribution in [2.75, 3.05) is 16.6 Å². The molecule has 0 spiro atoms. The minimum atomic E-state index is -3.91. The number of anilines is 2. The summed E-state index contributed by atoms with van der Waals surface area (Å²) >= 11 is 0. The average Bonchev–Trinajstić information content (AvgIpc) is 2.54. The SMILES string of the molecule is CCOC(=O)c1ccc(NS(=O)(=O)c2ccc(NC(C)=O)cc2)cc1O. The summed E-state index contributed by atoms with van der Waals surface area (Å²) in [5.74, 6) is -1.37. The van der Waals surface area contributed by atoms with E-state index in [-0.39, 0.29) is 28.7 Å². The number of carbonyl (C=O) groups excluding carboxylic acids is 2. The molecule has 0 unspecified atom stereocenters. The van der Waals surface area contributed by atoms with Crippen LogP contribution in [-0.2, 0) is 19.6 Å². The van der Waals surface area contributed by atoms with Gasteiger partial charge >= 0.3 is 5.97 Å². The maximum absolute atomic E-state index is 12.4. The molecule has 0 aromatic heterocycles. The van der Waals surface area contributed by atoms with E-state index in [0.717, 1.165) is 6.07 Å². The van der Waals surface area contributed by atoms with Gasteiger partial charge < -0.3 is 15.2 Å². The van der Waals surface area contributed by atoms with Crippen molar-refractivity contribution in [3.8, 4) is 5.75 Å². The molecule has 26 heavy (non-hydrogen) atoms. The molecule has 2 rings (SSSR count). The minimum Gasteiger partial charge on any atom is -0.507 e. The second-order valence-electron chi connectivity index (χ2n) is 5.26. The van der Waals surface area contributed by atoms with Crippen molar-refractivity contribution in [1.29, 1.82) is 0 Å². The van der Waals surface area contributed by atoms with Gasteiger partial charge in [0.1, 0.15) is 11.3 Å². The summed E-state index contributed by atoms with van der Waals surface area (Å²) in [5, 5.41) is 12.4. The average molecular weight is 378 g/mol. The molecule has 0 aliphatic heterocycles. The molecule has 0 heterocycles. The maximum atomic E-state index is 12.4. The molecule has 3 N–H and O–H groups in total. The molecule has 138 valence electrons. The summed E-state index contributed by atoms with van der Waals surface area (Å²) < 4.78 is 31.9. The highest BCUT2D eigenvalue weighted by Gasteiger charge is 2.17. The first-order valence-corrected chi connectivity index (χ1v) is 9.12. The van der Waals surface area contributed by atoms with E-state index in [1.807, 2.05) is 0 Å². The van der Waals surface area contributed by atoms with Crippen LogP contribution in [0.5, 0.6) is 5.75 Å². The standard InChI is InChI=1S/C17H18N2O6S/c1-3-25-17(22)15-9-6-13(10-16(15)21)19-26(23,24)14-7-4-12(5-8-14)18-11(2)20/h4-10,19,21H,3H2,1-2H3,(H,18,20). The van der Waals surface area contributed by atoms with Gasteiger partial charge in [0.25, 0.3) is 10.0 Å². The maximum Gasteiger partial charge on any atom is 0.341 e. The first-order valence-electron chi connectivity index (χ1n) is 7.63. The highest BCUT2D eigenvalue weighted by molar-refractivity contribution is 7.92. The molecular weight excluding hydrogens is 360 g/mol. The predicted molar refractivity (Wildman–Crippen MR) is 95.6 cm³/mol. The molecule has 0 atom stereocenters. The third kappa shape index (κ3) is 4.73. The van der Waals surface area contributed by atoms with E-state index in [2.05, 4.69) is 10.0 Å². The Labute approximate surface area is 150 Å². The van der Waals surface area contributed by atoms with Gasteiger partial charge in [-0.2, -0.15) is 0 Å². The number of nitrogens with one attached hydrogen (secondary N) is 2. The van der Waals surface area contributed by atoms with Crippen LogP contribution in [0, 0.1) is 0 Å². The molecule has 8 nitrogen and oxygen atoms in total. The number of amides is 1. The Morgan fingerprint density at radius 1 is 1.08 bits per heavy atom. The molecule has 0 bridgehead atoms. The molecule has 0 saturated heterocycles. The van der Waals surface area contributed by atoms with Gasteiger partial charge in [-0.15, -0.1) is 0 Å². The molecule has 9 heteroatoms. The van der Waals surface area contributed by atoms with E-state index in [1.165, 1.54) is 43.3 Å². The van der Waals surface area contributed by atoms with Gasteiger partial charge in [0.15, 0.2) is 0 Å². The number of esters is 1. The van der Waals surface area contributed by atoms with Gasteiger partial charge in [-0.05, 0) is 43.3 Å². The van der Waals surface area contributed by atoms with Gasteiger partial charge in [0.05, 0.1) is 17.2 Å². The number of ether oxygens (including phenoxy) is 1. The van der Waals surface area contributed by atoms with E-state index in [9.17, 15) is 23.1 Å². The Morgan fingerprint density at radius 3 is 2.23 bits per heavy atom. The highest BCUT2D eigenvalue weighted by Crippen LogP contribution is 2.25. The smallest absolute Gasteiger partial charge is 0.341 e. The van der Waals surface area contributed by atoms with Crippen molar-refractivity contribution in [3.63, 3.8) is 0 Å². The quantitative estimate of drug-likeness (QED) is 0.663. The number of phenolic OH excluding ortho intramolecular Hbond substituents is 1. The largest absolute Gasteiger partial charge is 0.507 e. The molecule has 1 amide bonds. The lowest BCUT2D eigenvalue weighted by Gasteiger charge is -2.11. The lowest BCUT2D eigenvalue weighted by atomic mass is 10.2. The Kier molecular flexibility index (Phi) is 5.83. The van der Waals surface area contributed by atoms with Gasteiger partial charge in [-0.3, -0.25) is 9.52 Å². The molecule has 0 saturated carbocycles. The number of aromatic hydroxyl groups is 1. The zero-order valence-corrected chi connectivity index (χ0v) is 15.0. The van der Waals surface area contributed by atoms with Crippen LogP contribution in [-0.4, -0.2) is 32.0 Å². The molecule has 2 aromatic rings. The fourth-order valence-corrected chi connectivity index (χ4v) is 3.16. The van der Waals surface area contributed by atoms with Crippen molar-refractivity contribution in [3.05, 3.63) is 48.0 Å². The van der Waals surface area contributed by atoms with Crippen LogP contribution in [0.2, 0.25) is 0 Å². The summed E-state index contributed by atoms with van der Waals surface area (Å²) in [7, 11) is -3.91. The molecule has 0 aliphatic carbocycles. The van der Waals surface area contributed by atoms with E-state index in [1.54, 1.807) is 6.92 Å². The molecule has 0 fully saturated rings. The van der Waals surface area contributed by atoms with Gasteiger partial charge in [-0.25, -0.2) is 13.2 Å². The lowest BCUT2D eigenvalue weighted by Crippen LogP contribution is -2.13. The third-order valence-electron chi connectivity index (χ3n) is 3.23. The Morgan fingerprint density at radius 2 is 1.69 bits per heavy atom. The monoisotopic (exact) mass is 378 g/mol. The minimum absolute atomic E-state index is 0.0273. The van der Waals surface area contributed by atoms with Crippen molar-refractivity contribution in [2.45, 2.75) is 18.7 Å². The van der Waals surface area contributed by atoms with E-state index >= 15 is 0 Å². The highest BCUT2D eigenvalue weighted by atomic mass is 32.2. The van der Waals surface area contributed by atoms with Gasteiger partial charge in [0.2, 0.25) is 5.91 Å². The fraction of sp³-hybridized carbons (Fsp3) is 0.176. The Hall–Kier alpha value is -3.07. The van der Waals surface area contributed by atoms with E-state index in [0.29, 0.717) is 5.69 Å². The zero-order chi connectivity index (χ0) is 19.3. The number of carbonyl (C=O) groups is 2. The number of hydrogen-bond acceptors (Lipinski definition) is 6. The summed E-state index contributed by atoms with van der Waals surface area (Å²) in [6.07, 6.45) is 0. The van der Waals surface area contributed by atoms with E-state index < -0.39 is 21.7 Å². The first kappa shape index (κ1) is 19.3. The molecular formula is C17H18N2O6S. The first-order chi connectivity index (χ1) is 12.2. The van der Waals surface area contributed by atoms with Crippen LogP contribution in [0.15, 0.2) is 47.4 Å². The molecule has 2 aromatic carbocycles. The molecule has 0 aliphatic rings. The summed E-state index contributed by atoms with van der Waals surface area (Å²) in [4.78, 5) is 22.6.